The highest BCUT2D eigenvalue weighted by atomic mass is 32.2. The highest BCUT2D eigenvalue weighted by molar-refractivity contribution is 7.89. The van der Waals surface area contributed by atoms with Crippen LogP contribution in [0.4, 0.5) is 5.69 Å². The number of fused-ring (bicyclic) bond motifs is 1. The Labute approximate surface area is 159 Å². The normalized spacial score (nSPS) is 11.2. The molecule has 0 unspecified atom stereocenters. The second-order valence-electron chi connectivity index (χ2n) is 5.79. The van der Waals surface area contributed by atoms with Crippen LogP contribution in [0.3, 0.4) is 0 Å². The standard InChI is InChI=1S/C18H15N3O6S/c19-28(25,26)12-5-3-4-11(8-12)20-17(23)10-27-18(24)15-9-16(22)13-6-1-2-7-14(13)21-15/h1-9H,10H2,(H,20,23)(H,21,22)(H2,19,25,26). The van der Waals surface area contributed by atoms with Gasteiger partial charge in [0.15, 0.2) is 12.0 Å². The molecule has 0 spiro atoms. The zero-order valence-corrected chi connectivity index (χ0v) is 15.2. The maximum absolute atomic E-state index is 12.1. The number of ether oxygens (including phenoxy) is 1. The summed E-state index contributed by atoms with van der Waals surface area (Å²) in [5.41, 5.74) is 0.191. The minimum atomic E-state index is -3.92. The largest absolute Gasteiger partial charge is 0.451 e. The lowest BCUT2D eigenvalue weighted by atomic mass is 10.2. The van der Waals surface area contributed by atoms with E-state index in [1.165, 1.54) is 24.3 Å². The summed E-state index contributed by atoms with van der Waals surface area (Å²) >= 11 is 0. The first-order chi connectivity index (χ1) is 13.2. The Hall–Kier alpha value is -3.50. The summed E-state index contributed by atoms with van der Waals surface area (Å²) in [6.45, 7) is -0.632. The molecule has 0 aliphatic heterocycles. The van der Waals surface area contributed by atoms with Crippen molar-refractivity contribution in [3.8, 4) is 0 Å². The Morgan fingerprint density at radius 3 is 2.57 bits per heavy atom. The number of aromatic amines is 1. The maximum atomic E-state index is 12.1. The lowest BCUT2D eigenvalue weighted by molar-refractivity contribution is -0.119. The molecule has 0 saturated carbocycles. The van der Waals surface area contributed by atoms with Gasteiger partial charge in [-0.05, 0) is 30.3 Å². The Balaban J connectivity index is 1.66. The first-order valence-electron chi connectivity index (χ1n) is 7.96. The number of hydrogen-bond donors (Lipinski definition) is 3. The van der Waals surface area contributed by atoms with E-state index < -0.39 is 28.5 Å². The molecule has 1 heterocycles. The molecular weight excluding hydrogens is 386 g/mol. The molecule has 9 nitrogen and oxygen atoms in total. The molecule has 10 heteroatoms. The molecule has 1 amide bonds. The Morgan fingerprint density at radius 2 is 1.82 bits per heavy atom. The van der Waals surface area contributed by atoms with Gasteiger partial charge in [0.2, 0.25) is 10.0 Å². The smallest absolute Gasteiger partial charge is 0.355 e. The Bertz CT molecular complexity index is 1230. The van der Waals surface area contributed by atoms with Crippen molar-refractivity contribution in [1.82, 2.24) is 4.98 Å². The van der Waals surface area contributed by atoms with Crippen molar-refractivity contribution in [2.24, 2.45) is 5.14 Å². The first kappa shape index (κ1) is 19.3. The van der Waals surface area contributed by atoms with E-state index >= 15 is 0 Å². The number of sulfonamides is 1. The molecule has 144 valence electrons. The predicted octanol–water partition coefficient (Wildman–Crippen LogP) is 0.971. The summed E-state index contributed by atoms with van der Waals surface area (Å²) in [7, 11) is -3.92. The van der Waals surface area contributed by atoms with Gasteiger partial charge in [-0.1, -0.05) is 18.2 Å². The fourth-order valence-corrected chi connectivity index (χ4v) is 3.02. The maximum Gasteiger partial charge on any atom is 0.355 e. The quantitative estimate of drug-likeness (QED) is 0.543. The van der Waals surface area contributed by atoms with Crippen molar-refractivity contribution in [2.45, 2.75) is 4.90 Å². The van der Waals surface area contributed by atoms with Crippen LogP contribution in [-0.2, 0) is 19.6 Å². The number of benzene rings is 2. The summed E-state index contributed by atoms with van der Waals surface area (Å²) in [5.74, 6) is -1.57. The minimum Gasteiger partial charge on any atom is -0.451 e. The van der Waals surface area contributed by atoms with E-state index in [9.17, 15) is 22.8 Å². The summed E-state index contributed by atoms with van der Waals surface area (Å²) in [4.78, 5) is 38.7. The number of nitrogens with one attached hydrogen (secondary N) is 2. The van der Waals surface area contributed by atoms with Crippen LogP contribution in [0, 0.1) is 0 Å². The Kier molecular flexibility index (Phi) is 5.25. The van der Waals surface area contributed by atoms with E-state index in [2.05, 4.69) is 10.3 Å². The van der Waals surface area contributed by atoms with Crippen LogP contribution < -0.4 is 15.9 Å². The third kappa shape index (κ3) is 4.42. The number of primary sulfonamides is 1. The molecule has 2 aromatic carbocycles. The molecular formula is C18H15N3O6S. The third-order valence-corrected chi connectivity index (χ3v) is 4.65. The lowest BCUT2D eigenvalue weighted by Gasteiger charge is -2.08. The number of carbonyl (C=O) groups is 2. The van der Waals surface area contributed by atoms with E-state index in [1.54, 1.807) is 24.3 Å². The van der Waals surface area contributed by atoms with Crippen LogP contribution in [0.1, 0.15) is 10.5 Å². The first-order valence-corrected chi connectivity index (χ1v) is 9.50. The fourth-order valence-electron chi connectivity index (χ4n) is 2.46. The highest BCUT2D eigenvalue weighted by Gasteiger charge is 2.14. The molecule has 3 rings (SSSR count). The number of esters is 1. The topological polar surface area (TPSA) is 148 Å². The molecule has 0 aliphatic rings. The molecule has 0 bridgehead atoms. The zero-order valence-electron chi connectivity index (χ0n) is 14.3. The van der Waals surface area contributed by atoms with Crippen LogP contribution in [0.15, 0.2) is 64.3 Å². The van der Waals surface area contributed by atoms with Crippen molar-refractivity contribution in [2.75, 3.05) is 11.9 Å². The van der Waals surface area contributed by atoms with Crippen molar-refractivity contribution >= 4 is 38.5 Å². The van der Waals surface area contributed by atoms with E-state index in [4.69, 9.17) is 9.88 Å². The molecule has 0 aliphatic carbocycles. The van der Waals surface area contributed by atoms with Gasteiger partial charge in [-0.2, -0.15) is 0 Å². The number of pyridine rings is 1. The number of aromatic nitrogens is 1. The van der Waals surface area contributed by atoms with Gasteiger partial charge in [0.1, 0.15) is 5.69 Å². The van der Waals surface area contributed by atoms with E-state index in [-0.39, 0.29) is 21.7 Å². The van der Waals surface area contributed by atoms with Crippen LogP contribution in [0.5, 0.6) is 0 Å². The van der Waals surface area contributed by atoms with Gasteiger partial charge in [0.05, 0.1) is 4.90 Å². The summed E-state index contributed by atoms with van der Waals surface area (Å²) < 4.78 is 27.6. The van der Waals surface area contributed by atoms with Gasteiger partial charge in [0.25, 0.3) is 5.91 Å². The summed E-state index contributed by atoms with van der Waals surface area (Å²) in [6, 6.07) is 13.1. The number of H-pyrrole nitrogens is 1. The predicted molar refractivity (Wildman–Crippen MR) is 101 cm³/mol. The molecule has 0 atom stereocenters. The molecule has 0 radical (unpaired) electrons. The van der Waals surface area contributed by atoms with Gasteiger partial charge in [-0.25, -0.2) is 18.4 Å². The number of anilines is 1. The second-order valence-corrected chi connectivity index (χ2v) is 7.35. The average molecular weight is 401 g/mol. The van der Waals surface area contributed by atoms with E-state index in [0.29, 0.717) is 10.9 Å². The SMILES string of the molecule is NS(=O)(=O)c1cccc(NC(=O)COC(=O)c2cc(=O)c3ccccc3[nH]2)c1. The lowest BCUT2D eigenvalue weighted by Crippen LogP contribution is -2.22. The molecule has 0 fully saturated rings. The number of amides is 1. The minimum absolute atomic E-state index is 0.0901. The molecule has 1 aromatic heterocycles. The van der Waals surface area contributed by atoms with Gasteiger partial charge < -0.3 is 15.0 Å². The summed E-state index contributed by atoms with van der Waals surface area (Å²) in [6.07, 6.45) is 0. The van der Waals surface area contributed by atoms with Crippen molar-refractivity contribution in [1.29, 1.82) is 0 Å². The monoisotopic (exact) mass is 401 g/mol. The van der Waals surface area contributed by atoms with Gasteiger partial charge in [-0.15, -0.1) is 0 Å². The van der Waals surface area contributed by atoms with E-state index in [1.807, 2.05) is 0 Å². The Morgan fingerprint density at radius 1 is 1.07 bits per heavy atom. The van der Waals surface area contributed by atoms with Crippen molar-refractivity contribution in [3.63, 3.8) is 0 Å². The number of hydrogen-bond acceptors (Lipinski definition) is 6. The van der Waals surface area contributed by atoms with Crippen LogP contribution >= 0.6 is 0 Å². The summed E-state index contributed by atoms with van der Waals surface area (Å²) in [5, 5.41) is 7.85. The van der Waals surface area contributed by atoms with Crippen molar-refractivity contribution in [3.05, 3.63) is 70.5 Å². The average Bonchev–Trinajstić information content (AvgIpc) is 2.65. The third-order valence-electron chi connectivity index (χ3n) is 3.74. The number of nitrogens with two attached hydrogens (primary N) is 1. The second kappa shape index (κ2) is 7.62. The van der Waals surface area contributed by atoms with E-state index in [0.717, 1.165) is 6.07 Å². The molecule has 4 N–H and O–H groups in total. The molecule has 28 heavy (non-hydrogen) atoms. The highest BCUT2D eigenvalue weighted by Crippen LogP contribution is 2.14. The van der Waals surface area contributed by atoms with Gasteiger partial charge in [-0.3, -0.25) is 9.59 Å². The van der Waals surface area contributed by atoms with Crippen molar-refractivity contribution < 1.29 is 22.7 Å². The van der Waals surface area contributed by atoms with Gasteiger partial charge in [0, 0.05) is 22.7 Å². The number of para-hydroxylation sites is 1. The molecule has 3 aromatic rings. The van der Waals surface area contributed by atoms with Crippen LogP contribution in [0.25, 0.3) is 10.9 Å². The number of rotatable bonds is 5. The van der Waals surface area contributed by atoms with Crippen LogP contribution in [0.2, 0.25) is 0 Å². The zero-order chi connectivity index (χ0) is 20.3. The van der Waals surface area contributed by atoms with Gasteiger partial charge >= 0.3 is 5.97 Å². The number of carbonyl (C=O) groups excluding carboxylic acids is 2. The molecule has 0 saturated heterocycles. The fraction of sp³-hybridized carbons (Fsp3) is 0.0556. The van der Waals surface area contributed by atoms with Crippen LogP contribution in [-0.4, -0.2) is 31.9 Å².